The van der Waals surface area contributed by atoms with Crippen LogP contribution in [0.1, 0.15) is 28.5 Å². The molecule has 4 aromatic rings. The molecule has 2 N–H and O–H groups in total. The van der Waals surface area contributed by atoms with E-state index in [4.69, 9.17) is 9.47 Å². The van der Waals surface area contributed by atoms with E-state index in [0.29, 0.717) is 23.1 Å². The fourth-order valence-corrected chi connectivity index (χ4v) is 3.51. The van der Waals surface area contributed by atoms with Crippen LogP contribution < -0.4 is 4.74 Å². The first-order chi connectivity index (χ1) is 13.6. The standard InChI is InChI=1S/C22H20N2O4/c1-3-28-22(26)21(25)20-15-6-4-5-7-18(15)24-19(20)10-13-12-23-17-9-8-14(27-2)11-16(13)17/h4-9,11-12,23-24H,3,10H2,1-2H3. The van der Waals surface area contributed by atoms with E-state index >= 15 is 0 Å². The zero-order chi connectivity index (χ0) is 19.7. The van der Waals surface area contributed by atoms with E-state index in [2.05, 4.69) is 9.97 Å². The van der Waals surface area contributed by atoms with Crippen LogP contribution in [0.5, 0.6) is 5.75 Å². The number of Topliss-reactive ketones (excluding diaryl/α,β-unsaturated/α-hetero) is 1. The second-order valence-corrected chi connectivity index (χ2v) is 6.48. The Hall–Kier alpha value is -3.54. The maximum absolute atomic E-state index is 12.8. The minimum absolute atomic E-state index is 0.157. The molecule has 142 valence electrons. The number of H-pyrrole nitrogens is 2. The number of fused-ring (bicyclic) bond motifs is 2. The Balaban J connectivity index is 1.82. The Labute approximate surface area is 161 Å². The number of nitrogens with one attached hydrogen (secondary N) is 2. The SMILES string of the molecule is CCOC(=O)C(=O)c1c(Cc2c[nH]c3ccc(OC)cc23)[nH]c2ccccc12. The second kappa shape index (κ2) is 7.23. The highest BCUT2D eigenvalue weighted by atomic mass is 16.5. The number of rotatable bonds is 6. The molecule has 6 nitrogen and oxygen atoms in total. The van der Waals surface area contributed by atoms with E-state index in [1.54, 1.807) is 14.0 Å². The number of esters is 1. The highest BCUT2D eigenvalue weighted by Crippen LogP contribution is 2.29. The van der Waals surface area contributed by atoms with Gasteiger partial charge < -0.3 is 19.4 Å². The van der Waals surface area contributed by atoms with E-state index in [-0.39, 0.29) is 6.61 Å². The lowest BCUT2D eigenvalue weighted by atomic mass is 10.0. The van der Waals surface area contributed by atoms with Gasteiger partial charge in [-0.2, -0.15) is 0 Å². The third-order valence-corrected chi connectivity index (χ3v) is 4.81. The van der Waals surface area contributed by atoms with Crippen LogP contribution in [0.15, 0.2) is 48.7 Å². The number of benzene rings is 2. The molecule has 4 rings (SSSR count). The van der Waals surface area contributed by atoms with Crippen LogP contribution in [0, 0.1) is 0 Å². The lowest BCUT2D eigenvalue weighted by Gasteiger charge is -2.05. The average molecular weight is 376 g/mol. The molecule has 0 spiro atoms. The normalized spacial score (nSPS) is 11.1. The Morgan fingerprint density at radius 1 is 1.04 bits per heavy atom. The van der Waals surface area contributed by atoms with Gasteiger partial charge in [0.15, 0.2) is 0 Å². The number of hydrogen-bond acceptors (Lipinski definition) is 4. The molecule has 0 fully saturated rings. The monoisotopic (exact) mass is 376 g/mol. The van der Waals surface area contributed by atoms with E-state index in [0.717, 1.165) is 27.7 Å². The van der Waals surface area contributed by atoms with Crippen molar-refractivity contribution in [2.75, 3.05) is 13.7 Å². The van der Waals surface area contributed by atoms with Crippen molar-refractivity contribution in [3.8, 4) is 5.75 Å². The van der Waals surface area contributed by atoms with Crippen molar-refractivity contribution in [1.29, 1.82) is 0 Å². The lowest BCUT2D eigenvalue weighted by molar-refractivity contribution is -0.137. The Morgan fingerprint density at radius 3 is 2.64 bits per heavy atom. The summed E-state index contributed by atoms with van der Waals surface area (Å²) in [4.78, 5) is 31.5. The largest absolute Gasteiger partial charge is 0.497 e. The Morgan fingerprint density at radius 2 is 1.86 bits per heavy atom. The van der Waals surface area contributed by atoms with Crippen LogP contribution in [-0.2, 0) is 16.0 Å². The summed E-state index contributed by atoms with van der Waals surface area (Å²) in [6.45, 7) is 1.84. The summed E-state index contributed by atoms with van der Waals surface area (Å²) in [6, 6.07) is 13.3. The summed E-state index contributed by atoms with van der Waals surface area (Å²) in [5, 5.41) is 1.72. The third-order valence-electron chi connectivity index (χ3n) is 4.81. The number of ether oxygens (including phenoxy) is 2. The van der Waals surface area contributed by atoms with Gasteiger partial charge in [0, 0.05) is 40.1 Å². The number of para-hydroxylation sites is 1. The van der Waals surface area contributed by atoms with Crippen molar-refractivity contribution in [2.45, 2.75) is 13.3 Å². The molecule has 0 aliphatic rings. The summed E-state index contributed by atoms with van der Waals surface area (Å²) in [5.74, 6) is -0.714. The van der Waals surface area contributed by atoms with Crippen LogP contribution in [0.2, 0.25) is 0 Å². The number of carbonyl (C=O) groups is 2. The fraction of sp³-hybridized carbons (Fsp3) is 0.182. The zero-order valence-corrected chi connectivity index (χ0v) is 15.7. The van der Waals surface area contributed by atoms with Gasteiger partial charge in [-0.1, -0.05) is 18.2 Å². The molecule has 0 atom stereocenters. The van der Waals surface area contributed by atoms with Gasteiger partial charge in [0.25, 0.3) is 5.78 Å². The molecule has 2 aromatic carbocycles. The van der Waals surface area contributed by atoms with Crippen molar-refractivity contribution in [1.82, 2.24) is 9.97 Å². The maximum Gasteiger partial charge on any atom is 0.379 e. The maximum atomic E-state index is 12.8. The molecule has 0 amide bonds. The smallest absolute Gasteiger partial charge is 0.379 e. The van der Waals surface area contributed by atoms with Gasteiger partial charge in [-0.15, -0.1) is 0 Å². The topological polar surface area (TPSA) is 84.2 Å². The molecule has 0 aliphatic heterocycles. The molecule has 2 aromatic heterocycles. The van der Waals surface area contributed by atoms with Gasteiger partial charge in [0.1, 0.15) is 5.75 Å². The van der Waals surface area contributed by atoms with Crippen LogP contribution in [0.3, 0.4) is 0 Å². The molecule has 6 heteroatoms. The van der Waals surface area contributed by atoms with Crippen LogP contribution in [0.4, 0.5) is 0 Å². The van der Waals surface area contributed by atoms with E-state index in [1.165, 1.54) is 0 Å². The third kappa shape index (κ3) is 3.03. The van der Waals surface area contributed by atoms with Gasteiger partial charge in [0.05, 0.1) is 19.3 Å². The Kier molecular flexibility index (Phi) is 4.61. The van der Waals surface area contributed by atoms with Crippen LogP contribution >= 0.6 is 0 Å². The van der Waals surface area contributed by atoms with Gasteiger partial charge in [-0.25, -0.2) is 4.79 Å². The predicted octanol–water partition coefficient (Wildman–Crippen LogP) is 3.99. The summed E-state index contributed by atoms with van der Waals surface area (Å²) >= 11 is 0. The summed E-state index contributed by atoms with van der Waals surface area (Å²) in [7, 11) is 1.63. The molecule has 0 saturated heterocycles. The minimum Gasteiger partial charge on any atom is -0.497 e. The fourth-order valence-electron chi connectivity index (χ4n) is 3.51. The summed E-state index contributed by atoms with van der Waals surface area (Å²) < 4.78 is 10.3. The van der Waals surface area contributed by atoms with Crippen LogP contribution in [0.25, 0.3) is 21.8 Å². The van der Waals surface area contributed by atoms with Gasteiger partial charge >= 0.3 is 5.97 Å². The van der Waals surface area contributed by atoms with Gasteiger partial charge in [-0.05, 0) is 36.8 Å². The molecular weight excluding hydrogens is 356 g/mol. The number of hydrogen-bond donors (Lipinski definition) is 2. The number of carbonyl (C=O) groups excluding carboxylic acids is 2. The van der Waals surface area contributed by atoms with Crippen LogP contribution in [-0.4, -0.2) is 35.4 Å². The second-order valence-electron chi connectivity index (χ2n) is 6.48. The first-order valence-corrected chi connectivity index (χ1v) is 9.07. The molecule has 0 saturated carbocycles. The molecule has 28 heavy (non-hydrogen) atoms. The van der Waals surface area contributed by atoms with Crippen molar-refractivity contribution >= 4 is 33.6 Å². The zero-order valence-electron chi connectivity index (χ0n) is 15.7. The molecular formula is C22H20N2O4. The van der Waals surface area contributed by atoms with E-state index in [1.807, 2.05) is 48.7 Å². The molecule has 0 bridgehead atoms. The van der Waals surface area contributed by atoms with Crippen molar-refractivity contribution in [2.24, 2.45) is 0 Å². The molecule has 0 unspecified atom stereocenters. The minimum atomic E-state index is -0.839. The number of methoxy groups -OCH3 is 1. The first-order valence-electron chi connectivity index (χ1n) is 9.07. The van der Waals surface area contributed by atoms with E-state index < -0.39 is 11.8 Å². The lowest BCUT2D eigenvalue weighted by Crippen LogP contribution is -2.18. The molecule has 0 aliphatic carbocycles. The predicted molar refractivity (Wildman–Crippen MR) is 107 cm³/mol. The number of aromatic amines is 2. The summed E-state index contributed by atoms with van der Waals surface area (Å²) in [6.07, 6.45) is 2.37. The van der Waals surface area contributed by atoms with Gasteiger partial charge in [0.2, 0.25) is 0 Å². The molecule has 0 radical (unpaired) electrons. The van der Waals surface area contributed by atoms with Gasteiger partial charge in [-0.3, -0.25) is 4.79 Å². The highest BCUT2D eigenvalue weighted by molar-refractivity contribution is 6.43. The van der Waals surface area contributed by atoms with Crippen molar-refractivity contribution in [3.63, 3.8) is 0 Å². The first kappa shape index (κ1) is 17.9. The van der Waals surface area contributed by atoms with Crippen molar-refractivity contribution in [3.05, 3.63) is 65.5 Å². The van der Waals surface area contributed by atoms with Crippen molar-refractivity contribution < 1.29 is 19.1 Å². The average Bonchev–Trinajstić information content (AvgIpc) is 3.28. The summed E-state index contributed by atoms with van der Waals surface area (Å²) in [5.41, 5.74) is 3.83. The number of aromatic nitrogens is 2. The molecule has 2 heterocycles. The highest BCUT2D eigenvalue weighted by Gasteiger charge is 2.25. The number of ketones is 1. The quantitative estimate of drug-likeness (QED) is 0.303. The van der Waals surface area contributed by atoms with E-state index in [9.17, 15) is 9.59 Å². The Bertz CT molecular complexity index is 1190.